The maximum Gasteiger partial charge on any atom is 0.242 e. The molecule has 0 heterocycles. The quantitative estimate of drug-likeness (QED) is 0.0256. The zero-order chi connectivity index (χ0) is 98.1. The molecule has 0 bridgehead atoms. The standard InChI is InChI=1S/C107H179N17O11/c1-8-12-16-20-24-28-32-48-68-115(82-97(110)125)99(127)84-116(69-49-33-29-25-21-17-13-9-2)100(128)85-117(70-50-34-30-26-22-18-14-10-3)101(129)86-118(71-51-35-31-27-23-19-15-11-4)102(130)87-119(72-60-93-52-40-36-41-53-93)103(131)88-121(74-62-95-56-44-38-45-57-95)106(134)92-124(77-65-109)107(135)90-122(75-63-96-58-46-39-47-59-96)104(132)89-120(73-61-94-54-42-37-43-55-94)105(133)91-123(76-64-108)98(126)83-113(7)80-81-114(78-66-111-5)79-67-112-6/h36-47,52-59,111-112H,8-35,48-51,60-92,108-109H2,1-7H3,(H2,110,125). The van der Waals surface area contributed by atoms with Crippen LogP contribution in [0.4, 0.5) is 0 Å². The maximum atomic E-state index is 15.7. The molecule has 135 heavy (non-hydrogen) atoms. The Morgan fingerprint density at radius 3 is 0.630 bits per heavy atom. The second-order valence-electron chi connectivity index (χ2n) is 36.8. The van der Waals surface area contributed by atoms with Crippen LogP contribution < -0.4 is 27.8 Å². The van der Waals surface area contributed by atoms with Gasteiger partial charge in [0.15, 0.2) is 0 Å². The number of hydrogen-bond acceptors (Lipinski definition) is 17. The van der Waals surface area contributed by atoms with Gasteiger partial charge in [0, 0.05) is 118 Å². The summed E-state index contributed by atoms with van der Waals surface area (Å²) in [6.07, 6.45) is 33.5. The number of benzene rings is 4. The summed E-state index contributed by atoms with van der Waals surface area (Å²) in [6.45, 7) is 10.5. The fourth-order valence-corrected chi connectivity index (χ4v) is 16.8. The van der Waals surface area contributed by atoms with Gasteiger partial charge in [-0.2, -0.15) is 0 Å². The Morgan fingerprint density at radius 2 is 0.422 bits per heavy atom. The molecule has 8 N–H and O–H groups in total. The molecule has 758 valence electrons. The molecule has 4 aromatic rings. The Labute approximate surface area is 813 Å². The van der Waals surface area contributed by atoms with E-state index in [2.05, 4.69) is 43.2 Å². The van der Waals surface area contributed by atoms with Crippen molar-refractivity contribution in [3.8, 4) is 0 Å². The summed E-state index contributed by atoms with van der Waals surface area (Å²) in [5, 5.41) is 6.42. The minimum atomic E-state index is -0.638. The van der Waals surface area contributed by atoms with Crippen molar-refractivity contribution in [2.45, 2.75) is 259 Å². The van der Waals surface area contributed by atoms with Gasteiger partial charge >= 0.3 is 0 Å². The van der Waals surface area contributed by atoms with E-state index in [1.807, 2.05) is 147 Å². The topological polar surface area (TPSA) is 329 Å². The van der Waals surface area contributed by atoms with Crippen LogP contribution in [-0.2, 0) is 78.4 Å². The lowest BCUT2D eigenvalue weighted by atomic mass is 10.1. The van der Waals surface area contributed by atoms with Crippen LogP contribution >= 0.6 is 0 Å². The number of nitrogens with one attached hydrogen (secondary N) is 2. The van der Waals surface area contributed by atoms with E-state index in [0.717, 1.165) is 209 Å². The lowest BCUT2D eigenvalue weighted by Crippen LogP contribution is -2.54. The second-order valence-corrected chi connectivity index (χ2v) is 36.8. The van der Waals surface area contributed by atoms with E-state index in [1.54, 1.807) is 9.80 Å². The first-order valence-corrected chi connectivity index (χ1v) is 51.9. The SMILES string of the molecule is CCCCCCCCCCN(CC(N)=O)C(=O)CN(CCCCCCCCCC)C(=O)CN(CCCCCCCCCC)C(=O)CN(CCCCCCCCCC)C(=O)CN(CCc1ccccc1)C(=O)CN(CCc1ccccc1)C(=O)CN(CCN)C(=O)CN(CCc1ccccc1)C(=O)CN(CCc1ccccc1)C(=O)CN(CCN)C(=O)CN(C)CCN(CCNC)CCNC. The second kappa shape index (κ2) is 75.9. The van der Waals surface area contributed by atoms with Gasteiger partial charge in [0.2, 0.25) is 65.0 Å². The number of rotatable bonds is 83. The molecule has 0 atom stereocenters. The van der Waals surface area contributed by atoms with Crippen molar-refractivity contribution in [2.24, 2.45) is 17.2 Å². The van der Waals surface area contributed by atoms with Crippen molar-refractivity contribution < 1.29 is 52.7 Å². The van der Waals surface area contributed by atoms with Crippen LogP contribution in [0.5, 0.6) is 0 Å². The highest BCUT2D eigenvalue weighted by Crippen LogP contribution is 2.19. The molecule has 4 rings (SSSR count). The van der Waals surface area contributed by atoms with E-state index in [4.69, 9.17) is 17.2 Å². The number of unbranched alkanes of at least 4 members (excludes halogenated alkanes) is 28. The zero-order valence-electron chi connectivity index (χ0n) is 84.6. The fourth-order valence-electron chi connectivity index (χ4n) is 16.8. The van der Waals surface area contributed by atoms with Crippen molar-refractivity contribution in [3.05, 3.63) is 144 Å². The van der Waals surface area contributed by atoms with Crippen LogP contribution in [0.1, 0.15) is 255 Å². The number of hydrogen-bond donors (Lipinski definition) is 5. The van der Waals surface area contributed by atoms with Gasteiger partial charge in [-0.3, -0.25) is 62.5 Å². The Kier molecular flexibility index (Phi) is 66.4. The maximum absolute atomic E-state index is 15.7. The number of carbonyl (C=O) groups excluding carboxylic acids is 11. The van der Waals surface area contributed by atoms with Crippen LogP contribution in [0.3, 0.4) is 0 Å². The van der Waals surface area contributed by atoms with Gasteiger partial charge in [0.1, 0.15) is 0 Å². The Bertz CT molecular complexity index is 3830. The predicted molar refractivity (Wildman–Crippen MR) is 546 cm³/mol. The summed E-state index contributed by atoms with van der Waals surface area (Å²) in [4.78, 5) is 184. The van der Waals surface area contributed by atoms with Gasteiger partial charge in [0.05, 0.1) is 72.0 Å². The molecule has 0 aliphatic rings. The van der Waals surface area contributed by atoms with E-state index in [9.17, 15) is 19.2 Å². The number of nitrogens with zero attached hydrogens (tertiary/aromatic N) is 12. The molecular weight excluding hydrogens is 1700 g/mol. The number of likely N-dealkylation sites (N-methyl/N-ethyl adjacent to an activating group) is 3. The highest BCUT2D eigenvalue weighted by Gasteiger charge is 2.34. The number of carbonyl (C=O) groups is 11. The molecule has 0 saturated heterocycles. The number of amides is 11. The Balaban J connectivity index is 1.77. The molecule has 11 amide bonds. The molecule has 4 aromatic carbocycles. The number of primary amides is 1. The van der Waals surface area contributed by atoms with Crippen molar-refractivity contribution in [3.63, 3.8) is 0 Å². The van der Waals surface area contributed by atoms with Gasteiger partial charge in [-0.25, -0.2) is 0 Å². The lowest BCUT2D eigenvalue weighted by molar-refractivity contribution is -0.149. The van der Waals surface area contributed by atoms with Gasteiger partial charge in [-0.05, 0) is 94.8 Å². The van der Waals surface area contributed by atoms with E-state index in [-0.39, 0.29) is 123 Å². The summed E-state index contributed by atoms with van der Waals surface area (Å²) in [6, 6.07) is 38.2. The minimum absolute atomic E-state index is 0.0224. The summed E-state index contributed by atoms with van der Waals surface area (Å²) in [7, 11) is 5.70. The molecule has 0 spiro atoms. The predicted octanol–water partition coefficient (Wildman–Crippen LogP) is 11.9. The van der Waals surface area contributed by atoms with E-state index in [0.29, 0.717) is 71.0 Å². The average Bonchev–Trinajstić information content (AvgIpc) is 0.853. The van der Waals surface area contributed by atoms with Crippen molar-refractivity contribution in [1.29, 1.82) is 0 Å². The number of nitrogens with two attached hydrogens (primary N) is 3. The summed E-state index contributed by atoms with van der Waals surface area (Å²) in [5.74, 6) is -5.43. The molecule has 28 heteroatoms. The Morgan fingerprint density at radius 1 is 0.230 bits per heavy atom. The van der Waals surface area contributed by atoms with Crippen molar-refractivity contribution in [2.75, 3.05) is 211 Å². The van der Waals surface area contributed by atoms with Crippen LogP contribution in [0, 0.1) is 0 Å². The van der Waals surface area contributed by atoms with Gasteiger partial charge in [-0.1, -0.05) is 329 Å². The fraction of sp³-hybridized carbons (Fsp3) is 0.673. The third-order valence-electron chi connectivity index (χ3n) is 25.3. The largest absolute Gasteiger partial charge is 0.368 e. The molecule has 28 nitrogen and oxygen atoms in total. The molecule has 0 unspecified atom stereocenters. The smallest absolute Gasteiger partial charge is 0.242 e. The highest BCUT2D eigenvalue weighted by atomic mass is 16.2. The lowest BCUT2D eigenvalue weighted by Gasteiger charge is -2.33. The first-order valence-electron chi connectivity index (χ1n) is 51.9. The van der Waals surface area contributed by atoms with Crippen molar-refractivity contribution in [1.82, 2.24) is 69.4 Å². The summed E-state index contributed by atoms with van der Waals surface area (Å²) < 4.78 is 0. The minimum Gasteiger partial charge on any atom is -0.368 e. The summed E-state index contributed by atoms with van der Waals surface area (Å²) >= 11 is 0. The molecule has 0 saturated carbocycles. The van der Waals surface area contributed by atoms with Gasteiger partial charge in [0.25, 0.3) is 0 Å². The molecule has 0 aliphatic heterocycles. The van der Waals surface area contributed by atoms with Crippen LogP contribution in [0.15, 0.2) is 121 Å². The van der Waals surface area contributed by atoms with E-state index >= 15 is 33.6 Å². The Hall–Kier alpha value is -9.19. The first-order chi connectivity index (χ1) is 65.6. The normalized spacial score (nSPS) is 11.3. The third kappa shape index (κ3) is 54.5. The van der Waals surface area contributed by atoms with Crippen LogP contribution in [0.25, 0.3) is 0 Å². The van der Waals surface area contributed by atoms with Gasteiger partial charge < -0.3 is 76.8 Å². The summed E-state index contributed by atoms with van der Waals surface area (Å²) in [5.41, 5.74) is 21.9. The molecule has 0 radical (unpaired) electrons. The molecular formula is C107H179N17O11. The van der Waals surface area contributed by atoms with Crippen LogP contribution in [0.2, 0.25) is 0 Å². The third-order valence-corrected chi connectivity index (χ3v) is 25.3. The van der Waals surface area contributed by atoms with Gasteiger partial charge in [-0.15, -0.1) is 0 Å². The van der Waals surface area contributed by atoms with E-state index < -0.39 is 85.9 Å². The zero-order valence-corrected chi connectivity index (χ0v) is 84.6. The average molecular weight is 1880 g/mol. The van der Waals surface area contributed by atoms with Crippen LogP contribution in [-0.4, -0.2) is 335 Å². The first kappa shape index (κ1) is 118. The van der Waals surface area contributed by atoms with E-state index in [1.165, 1.54) is 58.5 Å². The molecule has 0 fully saturated rings. The monoisotopic (exact) mass is 1880 g/mol. The van der Waals surface area contributed by atoms with Crippen molar-refractivity contribution >= 4 is 65.0 Å². The molecule has 0 aromatic heterocycles. The molecule has 0 aliphatic carbocycles. The highest BCUT2D eigenvalue weighted by molar-refractivity contribution is 5.95.